The lowest BCUT2D eigenvalue weighted by atomic mass is 10.0. The van der Waals surface area contributed by atoms with Gasteiger partial charge < -0.3 is 9.47 Å². The van der Waals surface area contributed by atoms with Crippen LogP contribution in [0.4, 0.5) is 0 Å². The molecule has 1 aliphatic heterocycles. The van der Waals surface area contributed by atoms with Crippen LogP contribution in [0.15, 0.2) is 53.5 Å². The summed E-state index contributed by atoms with van der Waals surface area (Å²) < 4.78 is 2.07. The van der Waals surface area contributed by atoms with E-state index in [1.165, 1.54) is 5.56 Å². The third-order valence-corrected chi connectivity index (χ3v) is 5.35. The van der Waals surface area contributed by atoms with Crippen LogP contribution in [-0.4, -0.2) is 32.1 Å². The number of thiophene rings is 1. The topological polar surface area (TPSA) is 51.0 Å². The van der Waals surface area contributed by atoms with E-state index in [0.717, 1.165) is 43.7 Å². The molecule has 1 aliphatic rings. The van der Waals surface area contributed by atoms with E-state index in [0.29, 0.717) is 0 Å². The van der Waals surface area contributed by atoms with Crippen molar-refractivity contribution < 1.29 is 4.79 Å². The second-order valence-electron chi connectivity index (χ2n) is 6.32. The first-order valence-electron chi connectivity index (χ1n) is 8.58. The van der Waals surface area contributed by atoms with Gasteiger partial charge in [-0.3, -0.25) is 4.79 Å². The lowest BCUT2D eigenvalue weighted by Crippen LogP contribution is -2.39. The summed E-state index contributed by atoms with van der Waals surface area (Å²) in [5, 5.41) is 12.4. The molecule has 3 heterocycles. The van der Waals surface area contributed by atoms with Crippen LogP contribution in [0.1, 0.15) is 47.1 Å². The first kappa shape index (κ1) is 16.0. The Balaban J connectivity index is 1.61. The van der Waals surface area contributed by atoms with Crippen LogP contribution >= 0.6 is 11.3 Å². The van der Waals surface area contributed by atoms with Crippen LogP contribution in [0.5, 0.6) is 0 Å². The molecular formula is C19H20N4OS. The van der Waals surface area contributed by atoms with E-state index >= 15 is 0 Å². The van der Waals surface area contributed by atoms with Crippen molar-refractivity contribution in [1.29, 1.82) is 0 Å². The van der Waals surface area contributed by atoms with Crippen molar-refractivity contribution in [2.24, 2.45) is 0 Å². The predicted octanol–water partition coefficient (Wildman–Crippen LogP) is 3.76. The number of carbonyl (C=O) groups excluding carboxylic acids is 1. The van der Waals surface area contributed by atoms with Gasteiger partial charge in [0.25, 0.3) is 5.91 Å². The van der Waals surface area contributed by atoms with E-state index in [1.54, 1.807) is 17.7 Å². The van der Waals surface area contributed by atoms with Crippen molar-refractivity contribution in [3.63, 3.8) is 0 Å². The number of hydrogen-bond donors (Lipinski definition) is 0. The molecule has 2 aromatic heterocycles. The summed E-state index contributed by atoms with van der Waals surface area (Å²) in [4.78, 5) is 14.9. The van der Waals surface area contributed by atoms with Crippen molar-refractivity contribution in [2.75, 3.05) is 6.54 Å². The average molecular weight is 352 g/mol. The smallest absolute Gasteiger partial charge is 0.255 e. The van der Waals surface area contributed by atoms with Gasteiger partial charge in [-0.2, -0.15) is 11.3 Å². The van der Waals surface area contributed by atoms with Gasteiger partial charge in [0.1, 0.15) is 6.33 Å². The molecule has 6 heteroatoms. The Morgan fingerprint density at radius 1 is 1.20 bits per heavy atom. The minimum Gasteiger partial charge on any atom is -0.328 e. The molecule has 1 amide bonds. The van der Waals surface area contributed by atoms with Gasteiger partial charge in [-0.25, -0.2) is 0 Å². The van der Waals surface area contributed by atoms with E-state index in [-0.39, 0.29) is 11.9 Å². The van der Waals surface area contributed by atoms with Crippen LogP contribution in [-0.2, 0) is 6.54 Å². The third-order valence-electron chi connectivity index (χ3n) is 4.67. The Morgan fingerprint density at radius 3 is 2.88 bits per heavy atom. The summed E-state index contributed by atoms with van der Waals surface area (Å²) >= 11 is 1.55. The normalized spacial score (nSPS) is 17.6. The largest absolute Gasteiger partial charge is 0.328 e. The standard InChI is InChI=1S/C19H20N4OS/c24-19(16-9-11-25-13-16)23-10-5-4-8-17(23)18-21-20-14-22(18)12-15-6-2-1-3-7-15/h1-3,6-7,9,11,13-14,17H,4-5,8,10,12H2/t17-/m0/s1. The minimum atomic E-state index is -0.00707. The molecule has 0 spiro atoms. The SMILES string of the molecule is O=C(c1ccsc1)N1CCCC[C@H]1c1nncn1Cc1ccccc1. The van der Waals surface area contributed by atoms with Crippen LogP contribution in [0, 0.1) is 0 Å². The summed E-state index contributed by atoms with van der Waals surface area (Å²) in [6.45, 7) is 1.50. The number of nitrogens with zero attached hydrogens (tertiary/aromatic N) is 4. The Morgan fingerprint density at radius 2 is 2.08 bits per heavy atom. The van der Waals surface area contributed by atoms with Crippen LogP contribution < -0.4 is 0 Å². The lowest BCUT2D eigenvalue weighted by molar-refractivity contribution is 0.0595. The molecule has 3 aromatic rings. The quantitative estimate of drug-likeness (QED) is 0.718. The maximum atomic E-state index is 12.9. The molecule has 1 fully saturated rings. The highest BCUT2D eigenvalue weighted by Gasteiger charge is 2.32. The number of carbonyl (C=O) groups is 1. The molecule has 0 N–H and O–H groups in total. The maximum absolute atomic E-state index is 12.9. The fraction of sp³-hybridized carbons (Fsp3) is 0.316. The summed E-state index contributed by atoms with van der Waals surface area (Å²) in [6.07, 6.45) is 4.85. The molecule has 5 nitrogen and oxygen atoms in total. The van der Waals surface area contributed by atoms with Crippen molar-refractivity contribution >= 4 is 17.2 Å². The van der Waals surface area contributed by atoms with Crippen molar-refractivity contribution in [2.45, 2.75) is 31.8 Å². The zero-order chi connectivity index (χ0) is 17.1. The Labute approximate surface area is 150 Å². The molecule has 0 unspecified atom stereocenters. The van der Waals surface area contributed by atoms with E-state index in [1.807, 2.05) is 39.9 Å². The second kappa shape index (κ2) is 7.19. The second-order valence-corrected chi connectivity index (χ2v) is 7.10. The number of likely N-dealkylation sites (tertiary alicyclic amines) is 1. The van der Waals surface area contributed by atoms with Crippen LogP contribution in [0.25, 0.3) is 0 Å². The highest BCUT2D eigenvalue weighted by molar-refractivity contribution is 7.08. The number of benzene rings is 1. The van der Waals surface area contributed by atoms with Gasteiger partial charge in [0, 0.05) is 11.9 Å². The molecule has 1 saturated heterocycles. The van der Waals surface area contributed by atoms with E-state index in [9.17, 15) is 4.79 Å². The van der Waals surface area contributed by atoms with Crippen molar-refractivity contribution in [3.05, 3.63) is 70.4 Å². The molecule has 1 atom stereocenters. The Kier molecular flexibility index (Phi) is 4.61. The molecule has 4 rings (SSSR count). The molecule has 1 aromatic carbocycles. The van der Waals surface area contributed by atoms with Gasteiger partial charge in [-0.15, -0.1) is 10.2 Å². The van der Waals surface area contributed by atoms with Crippen LogP contribution in [0.3, 0.4) is 0 Å². The summed E-state index contributed by atoms with van der Waals surface area (Å²) in [5.74, 6) is 0.979. The average Bonchev–Trinajstić information content (AvgIpc) is 3.34. The summed E-state index contributed by atoms with van der Waals surface area (Å²) in [5.41, 5.74) is 1.97. The molecule has 0 bridgehead atoms. The molecular weight excluding hydrogens is 332 g/mol. The lowest BCUT2D eigenvalue weighted by Gasteiger charge is -2.35. The maximum Gasteiger partial charge on any atom is 0.255 e. The minimum absolute atomic E-state index is 0.00707. The number of amides is 1. The molecule has 25 heavy (non-hydrogen) atoms. The van der Waals surface area contributed by atoms with E-state index in [4.69, 9.17) is 0 Å². The van der Waals surface area contributed by atoms with Crippen molar-refractivity contribution in [3.8, 4) is 0 Å². The van der Waals surface area contributed by atoms with Crippen molar-refractivity contribution in [1.82, 2.24) is 19.7 Å². The fourth-order valence-electron chi connectivity index (χ4n) is 3.42. The number of piperidine rings is 1. The first-order chi connectivity index (χ1) is 12.3. The highest BCUT2D eigenvalue weighted by atomic mass is 32.1. The summed E-state index contributed by atoms with van der Waals surface area (Å²) in [7, 11) is 0. The van der Waals surface area contributed by atoms with Gasteiger partial charge in [0.2, 0.25) is 0 Å². The first-order valence-corrected chi connectivity index (χ1v) is 9.52. The van der Waals surface area contributed by atoms with Gasteiger partial charge in [-0.1, -0.05) is 30.3 Å². The predicted molar refractivity (Wildman–Crippen MR) is 97.5 cm³/mol. The zero-order valence-corrected chi connectivity index (χ0v) is 14.7. The van der Waals surface area contributed by atoms with Gasteiger partial charge in [-0.05, 0) is 36.3 Å². The van der Waals surface area contributed by atoms with Gasteiger partial charge in [0.05, 0.1) is 18.2 Å². The highest BCUT2D eigenvalue weighted by Crippen LogP contribution is 2.31. The van der Waals surface area contributed by atoms with Gasteiger partial charge >= 0.3 is 0 Å². The zero-order valence-electron chi connectivity index (χ0n) is 13.9. The molecule has 0 aliphatic carbocycles. The molecule has 128 valence electrons. The molecule has 0 saturated carbocycles. The number of hydrogen-bond acceptors (Lipinski definition) is 4. The number of aromatic nitrogens is 3. The van der Waals surface area contributed by atoms with E-state index < -0.39 is 0 Å². The monoisotopic (exact) mass is 352 g/mol. The number of rotatable bonds is 4. The Bertz CT molecular complexity index is 828. The van der Waals surface area contributed by atoms with E-state index in [2.05, 4.69) is 26.9 Å². The molecule has 0 radical (unpaired) electrons. The van der Waals surface area contributed by atoms with Gasteiger partial charge in [0.15, 0.2) is 5.82 Å². The van der Waals surface area contributed by atoms with Crippen LogP contribution in [0.2, 0.25) is 0 Å². The Hall–Kier alpha value is -2.47. The third kappa shape index (κ3) is 3.35. The summed E-state index contributed by atoms with van der Waals surface area (Å²) in [6, 6.07) is 12.2. The fourth-order valence-corrected chi connectivity index (χ4v) is 4.05.